The predicted octanol–water partition coefficient (Wildman–Crippen LogP) is 3.22. The second kappa shape index (κ2) is 5.00. The van der Waals surface area contributed by atoms with Gasteiger partial charge in [-0.2, -0.15) is 13.2 Å². The highest BCUT2D eigenvalue weighted by Crippen LogP contribution is 2.34. The van der Waals surface area contributed by atoms with Crippen LogP contribution >= 0.6 is 11.6 Å². The molecule has 0 fully saturated rings. The van der Waals surface area contributed by atoms with Crippen molar-refractivity contribution in [3.63, 3.8) is 0 Å². The molecule has 0 atom stereocenters. The van der Waals surface area contributed by atoms with Gasteiger partial charge in [0.05, 0.1) is 18.4 Å². The molecule has 0 unspecified atom stereocenters. The molecule has 0 amide bonds. The molecule has 0 saturated carbocycles. The van der Waals surface area contributed by atoms with Crippen LogP contribution in [0.3, 0.4) is 0 Å². The Labute approximate surface area is 111 Å². The highest BCUT2D eigenvalue weighted by Gasteiger charge is 2.32. The average Bonchev–Trinajstić information content (AvgIpc) is 2.37. The molecule has 2 aromatic heterocycles. The number of halogens is 4. The zero-order chi connectivity index (χ0) is 14.0. The molecular formula is C11H7ClF3N3O. The first-order valence-electron chi connectivity index (χ1n) is 5.02. The van der Waals surface area contributed by atoms with Gasteiger partial charge in [0.1, 0.15) is 5.15 Å². The Balaban J connectivity index is 2.60. The lowest BCUT2D eigenvalue weighted by Crippen LogP contribution is -2.06. The Morgan fingerprint density at radius 1 is 1.16 bits per heavy atom. The van der Waals surface area contributed by atoms with Crippen molar-refractivity contribution in [2.75, 3.05) is 7.11 Å². The molecular weight excluding hydrogens is 283 g/mol. The van der Waals surface area contributed by atoms with Crippen molar-refractivity contribution in [1.29, 1.82) is 0 Å². The number of hydrogen-bond donors (Lipinski definition) is 0. The summed E-state index contributed by atoms with van der Waals surface area (Å²) in [5.74, 6) is 0.0744. The van der Waals surface area contributed by atoms with E-state index in [1.165, 1.54) is 19.5 Å². The van der Waals surface area contributed by atoms with Gasteiger partial charge in [0.2, 0.25) is 5.88 Å². The van der Waals surface area contributed by atoms with Crippen LogP contribution in [0.1, 0.15) is 5.56 Å². The number of ether oxygens (including phenoxy) is 1. The molecule has 0 aliphatic rings. The Hall–Kier alpha value is -1.89. The molecule has 0 spiro atoms. The van der Waals surface area contributed by atoms with Gasteiger partial charge in [-0.05, 0) is 12.1 Å². The number of methoxy groups -OCH3 is 1. The number of hydrogen-bond acceptors (Lipinski definition) is 4. The molecule has 2 aromatic rings. The molecule has 19 heavy (non-hydrogen) atoms. The number of pyridine rings is 1. The molecule has 0 bridgehead atoms. The van der Waals surface area contributed by atoms with Gasteiger partial charge in [-0.25, -0.2) is 15.0 Å². The molecule has 0 aliphatic heterocycles. The average molecular weight is 290 g/mol. The standard InChI is InChI=1S/C11H7ClF3N3O/c1-19-10-9(16-2-3-17-10)7-4-6(11(13,14)15)5-8(12)18-7/h2-5H,1H3. The van der Waals surface area contributed by atoms with Gasteiger partial charge >= 0.3 is 6.18 Å². The third-order valence-electron chi connectivity index (χ3n) is 2.22. The molecule has 4 nitrogen and oxygen atoms in total. The maximum atomic E-state index is 12.7. The van der Waals surface area contributed by atoms with Crippen LogP contribution in [0.25, 0.3) is 11.4 Å². The fraction of sp³-hybridized carbons (Fsp3) is 0.182. The van der Waals surface area contributed by atoms with Crippen LogP contribution in [0, 0.1) is 0 Å². The van der Waals surface area contributed by atoms with Crippen molar-refractivity contribution in [1.82, 2.24) is 15.0 Å². The van der Waals surface area contributed by atoms with Gasteiger partial charge in [0.25, 0.3) is 0 Å². The number of aromatic nitrogens is 3. The fourth-order valence-corrected chi connectivity index (χ4v) is 1.64. The Morgan fingerprint density at radius 3 is 2.47 bits per heavy atom. The fourth-order valence-electron chi connectivity index (χ4n) is 1.43. The zero-order valence-electron chi connectivity index (χ0n) is 9.57. The summed E-state index contributed by atoms with van der Waals surface area (Å²) in [6.45, 7) is 0. The minimum Gasteiger partial charge on any atom is -0.479 e. The van der Waals surface area contributed by atoms with Crippen LogP contribution in [-0.4, -0.2) is 22.1 Å². The van der Waals surface area contributed by atoms with Crippen molar-refractivity contribution < 1.29 is 17.9 Å². The van der Waals surface area contributed by atoms with Crippen molar-refractivity contribution in [2.24, 2.45) is 0 Å². The van der Waals surface area contributed by atoms with Crippen molar-refractivity contribution in [3.05, 3.63) is 35.2 Å². The first-order valence-corrected chi connectivity index (χ1v) is 5.40. The highest BCUT2D eigenvalue weighted by atomic mass is 35.5. The Bertz CT molecular complexity index is 604. The number of alkyl halides is 3. The van der Waals surface area contributed by atoms with E-state index in [9.17, 15) is 13.2 Å². The molecule has 0 aromatic carbocycles. The van der Waals surface area contributed by atoms with E-state index < -0.39 is 11.7 Å². The van der Waals surface area contributed by atoms with E-state index in [0.717, 1.165) is 12.1 Å². The van der Waals surface area contributed by atoms with E-state index in [1.807, 2.05) is 0 Å². The zero-order valence-corrected chi connectivity index (χ0v) is 10.3. The third kappa shape index (κ3) is 2.93. The van der Waals surface area contributed by atoms with E-state index in [4.69, 9.17) is 16.3 Å². The maximum Gasteiger partial charge on any atom is 0.416 e. The maximum absolute atomic E-state index is 12.7. The van der Waals surface area contributed by atoms with Crippen LogP contribution in [0.15, 0.2) is 24.5 Å². The molecule has 0 saturated heterocycles. The van der Waals surface area contributed by atoms with E-state index in [0.29, 0.717) is 0 Å². The topological polar surface area (TPSA) is 47.9 Å². The minimum atomic E-state index is -4.52. The van der Waals surface area contributed by atoms with Gasteiger partial charge in [-0.1, -0.05) is 11.6 Å². The van der Waals surface area contributed by atoms with Crippen LogP contribution in [-0.2, 0) is 6.18 Å². The van der Waals surface area contributed by atoms with Gasteiger partial charge < -0.3 is 4.74 Å². The van der Waals surface area contributed by atoms with Crippen LogP contribution < -0.4 is 4.74 Å². The van der Waals surface area contributed by atoms with Gasteiger partial charge in [-0.3, -0.25) is 0 Å². The second-order valence-corrected chi connectivity index (χ2v) is 3.86. The SMILES string of the molecule is COc1nccnc1-c1cc(C(F)(F)F)cc(Cl)n1. The van der Waals surface area contributed by atoms with Crippen LogP contribution in [0.2, 0.25) is 5.15 Å². The third-order valence-corrected chi connectivity index (χ3v) is 2.42. The van der Waals surface area contributed by atoms with E-state index in [-0.39, 0.29) is 22.4 Å². The van der Waals surface area contributed by atoms with Crippen LogP contribution in [0.4, 0.5) is 13.2 Å². The van der Waals surface area contributed by atoms with Gasteiger partial charge in [-0.15, -0.1) is 0 Å². The number of rotatable bonds is 2. The predicted molar refractivity (Wildman–Crippen MR) is 61.8 cm³/mol. The normalized spacial score (nSPS) is 11.4. The highest BCUT2D eigenvalue weighted by molar-refractivity contribution is 6.29. The summed E-state index contributed by atoms with van der Waals surface area (Å²) in [4.78, 5) is 11.6. The molecule has 2 rings (SSSR count). The molecule has 0 aliphatic carbocycles. The molecule has 0 N–H and O–H groups in total. The van der Waals surface area contributed by atoms with E-state index in [1.54, 1.807) is 0 Å². The van der Waals surface area contributed by atoms with Crippen molar-refractivity contribution >= 4 is 11.6 Å². The lowest BCUT2D eigenvalue weighted by atomic mass is 10.2. The summed E-state index contributed by atoms with van der Waals surface area (Å²) < 4.78 is 43.0. The Kier molecular flexibility index (Phi) is 3.57. The molecule has 100 valence electrons. The largest absolute Gasteiger partial charge is 0.479 e. The summed E-state index contributed by atoms with van der Waals surface area (Å²) in [6.07, 6.45) is -1.83. The van der Waals surface area contributed by atoms with E-state index in [2.05, 4.69) is 15.0 Å². The smallest absolute Gasteiger partial charge is 0.416 e. The summed E-state index contributed by atoms with van der Waals surface area (Å²) in [5.41, 5.74) is -0.863. The molecule has 0 radical (unpaired) electrons. The minimum absolute atomic E-state index is 0.0511. The first-order chi connectivity index (χ1) is 8.91. The van der Waals surface area contributed by atoms with Gasteiger partial charge in [0, 0.05) is 12.4 Å². The van der Waals surface area contributed by atoms with Gasteiger partial charge in [0.15, 0.2) is 5.69 Å². The van der Waals surface area contributed by atoms with Crippen molar-refractivity contribution in [3.8, 4) is 17.3 Å². The summed E-state index contributed by atoms with van der Waals surface area (Å²) in [5, 5.41) is -0.280. The summed E-state index contributed by atoms with van der Waals surface area (Å²) in [7, 11) is 1.34. The molecule has 8 heteroatoms. The Morgan fingerprint density at radius 2 is 1.84 bits per heavy atom. The van der Waals surface area contributed by atoms with Crippen LogP contribution in [0.5, 0.6) is 5.88 Å². The van der Waals surface area contributed by atoms with E-state index >= 15 is 0 Å². The lowest BCUT2D eigenvalue weighted by molar-refractivity contribution is -0.137. The quantitative estimate of drug-likeness (QED) is 0.797. The first kappa shape index (κ1) is 13.5. The molecule has 2 heterocycles. The second-order valence-electron chi connectivity index (χ2n) is 3.48. The lowest BCUT2D eigenvalue weighted by Gasteiger charge is -2.10. The monoisotopic (exact) mass is 289 g/mol. The van der Waals surface area contributed by atoms with Crippen molar-refractivity contribution in [2.45, 2.75) is 6.18 Å². The number of nitrogens with zero attached hydrogens (tertiary/aromatic N) is 3. The summed E-state index contributed by atoms with van der Waals surface area (Å²) >= 11 is 5.60. The summed E-state index contributed by atoms with van der Waals surface area (Å²) in [6, 6.07) is 1.59.